The van der Waals surface area contributed by atoms with Crippen LogP contribution in [0, 0.1) is 11.8 Å². The highest BCUT2D eigenvalue weighted by atomic mass is 16.4. The molecule has 0 saturated heterocycles. The van der Waals surface area contributed by atoms with E-state index in [0.717, 1.165) is 0 Å². The van der Waals surface area contributed by atoms with Gasteiger partial charge in [-0.25, -0.2) is 4.79 Å². The van der Waals surface area contributed by atoms with Crippen LogP contribution in [0.4, 0.5) is 0 Å². The van der Waals surface area contributed by atoms with Crippen molar-refractivity contribution < 1.29 is 73.2 Å². The first-order valence-corrected chi connectivity index (χ1v) is 19.5. The molecule has 0 saturated carbocycles. The van der Waals surface area contributed by atoms with E-state index in [1.54, 1.807) is 13.8 Å². The van der Waals surface area contributed by atoms with Gasteiger partial charge in [-0.3, -0.25) is 47.9 Å². The average Bonchev–Trinajstić information content (AvgIpc) is 3.17. The highest BCUT2D eigenvalue weighted by molar-refractivity contribution is 5.98. The summed E-state index contributed by atoms with van der Waals surface area (Å²) in [6.07, 6.45) is -0.604. The molecule has 346 valence electrons. The van der Waals surface area contributed by atoms with Gasteiger partial charge in [0.05, 0.1) is 32.0 Å². The van der Waals surface area contributed by atoms with E-state index in [1.165, 1.54) is 27.7 Å². The van der Waals surface area contributed by atoms with Crippen LogP contribution >= 0.6 is 0 Å². The van der Waals surface area contributed by atoms with Gasteiger partial charge in [0.15, 0.2) is 0 Å². The van der Waals surface area contributed by atoms with Crippen molar-refractivity contribution in [3.63, 3.8) is 0 Å². The fraction of sp³-hybridized carbons (Fsp3) is 0.694. The second kappa shape index (κ2) is 27.7. The second-order valence-corrected chi connectivity index (χ2v) is 14.6. The first kappa shape index (κ1) is 55.0. The molecule has 0 bridgehead atoms. The molecule has 9 unspecified atom stereocenters. The van der Waals surface area contributed by atoms with Gasteiger partial charge in [-0.05, 0) is 51.5 Å². The topological polar surface area (TPSA) is 417 Å². The van der Waals surface area contributed by atoms with Crippen LogP contribution in [-0.2, 0) is 52.7 Å². The van der Waals surface area contributed by atoms with Crippen LogP contribution < -0.4 is 54.0 Å². The molecule has 0 radical (unpaired) electrons. The monoisotopic (exact) mass is 874 g/mol. The molecule has 0 aliphatic heterocycles. The van der Waals surface area contributed by atoms with Gasteiger partial charge >= 0.3 is 17.9 Å². The minimum absolute atomic E-state index is 0.0389. The maximum Gasteiger partial charge on any atom is 0.326 e. The lowest BCUT2D eigenvalue weighted by molar-refractivity contribution is -0.144. The van der Waals surface area contributed by atoms with Gasteiger partial charge < -0.3 is 74.4 Å². The number of rotatable bonds is 29. The summed E-state index contributed by atoms with van der Waals surface area (Å²) in [7, 11) is 0. The number of carbonyl (C=O) groups excluding carboxylic acids is 8. The van der Waals surface area contributed by atoms with Crippen molar-refractivity contribution in [2.75, 3.05) is 19.7 Å². The Labute approximate surface area is 352 Å². The number of hydrogen-bond acceptors (Lipinski definition) is 14. The van der Waals surface area contributed by atoms with Crippen LogP contribution in [0.2, 0.25) is 0 Å². The van der Waals surface area contributed by atoms with E-state index in [1.807, 2.05) is 0 Å². The van der Waals surface area contributed by atoms with Gasteiger partial charge in [0, 0.05) is 0 Å². The molecule has 61 heavy (non-hydrogen) atoms. The third-order valence-corrected chi connectivity index (χ3v) is 9.11. The summed E-state index contributed by atoms with van der Waals surface area (Å²) in [6.45, 7) is 7.37. The fourth-order valence-electron chi connectivity index (χ4n) is 5.23. The number of hydrogen-bond donors (Lipinski definition) is 14. The largest absolute Gasteiger partial charge is 0.481 e. The molecule has 8 amide bonds. The SMILES string of the molecule is CCC(C)C(NC(=O)CNC(=O)C(N)CC(=O)O)C(=O)NC(CO)C(=O)NC(C)C(=O)NC(C)C(=O)NC(CCCCN)C(=O)NC(CC(=O)O)C(=O)NC(C(=O)O)C(C)C. The van der Waals surface area contributed by atoms with E-state index in [0.29, 0.717) is 19.3 Å². The average molecular weight is 875 g/mol. The van der Waals surface area contributed by atoms with Crippen LogP contribution in [0.25, 0.3) is 0 Å². The highest BCUT2D eigenvalue weighted by Gasteiger charge is 2.34. The second-order valence-electron chi connectivity index (χ2n) is 14.6. The molecule has 0 heterocycles. The molecule has 0 aromatic carbocycles. The Balaban J connectivity index is 5.69. The van der Waals surface area contributed by atoms with Gasteiger partial charge in [-0.15, -0.1) is 0 Å². The van der Waals surface area contributed by atoms with Crippen molar-refractivity contribution in [1.82, 2.24) is 42.5 Å². The van der Waals surface area contributed by atoms with Gasteiger partial charge in [-0.2, -0.15) is 0 Å². The molecule has 0 spiro atoms. The van der Waals surface area contributed by atoms with Gasteiger partial charge in [0.2, 0.25) is 47.3 Å². The van der Waals surface area contributed by atoms with Gasteiger partial charge in [0.1, 0.15) is 42.3 Å². The molecule has 9 atom stereocenters. The van der Waals surface area contributed by atoms with Crippen molar-refractivity contribution in [2.45, 2.75) is 128 Å². The molecule has 25 nitrogen and oxygen atoms in total. The van der Waals surface area contributed by atoms with E-state index < -0.39 is 151 Å². The van der Waals surface area contributed by atoms with E-state index in [4.69, 9.17) is 16.6 Å². The van der Waals surface area contributed by atoms with Crippen molar-refractivity contribution in [1.29, 1.82) is 0 Å². The maximum absolute atomic E-state index is 13.3. The third-order valence-electron chi connectivity index (χ3n) is 9.11. The molecule has 0 aliphatic carbocycles. The molecule has 0 aromatic rings. The number of carbonyl (C=O) groups is 11. The summed E-state index contributed by atoms with van der Waals surface area (Å²) in [5.41, 5.74) is 11.0. The van der Waals surface area contributed by atoms with E-state index in [-0.39, 0.29) is 13.0 Å². The Bertz CT molecular complexity index is 1580. The number of carboxylic acids is 3. The van der Waals surface area contributed by atoms with Crippen LogP contribution in [0.1, 0.15) is 80.1 Å². The number of aliphatic carboxylic acids is 3. The zero-order chi connectivity index (χ0) is 47.1. The number of unbranched alkanes of at least 4 members (excludes halogenated alkanes) is 1. The number of nitrogens with one attached hydrogen (secondary N) is 8. The molecule has 0 fully saturated rings. The Morgan fingerprint density at radius 3 is 1.54 bits per heavy atom. The minimum atomic E-state index is -1.73. The number of aliphatic hydroxyl groups is 1. The summed E-state index contributed by atoms with van der Waals surface area (Å²) in [6, 6.07) is -11.6. The first-order chi connectivity index (χ1) is 28.4. The number of carboxylic acid groups (broad SMARTS) is 3. The van der Waals surface area contributed by atoms with Crippen LogP contribution in [0.15, 0.2) is 0 Å². The van der Waals surface area contributed by atoms with Crippen molar-refractivity contribution in [3.8, 4) is 0 Å². The molecular weight excluding hydrogens is 812 g/mol. The normalized spacial score (nSPS) is 15.4. The zero-order valence-electron chi connectivity index (χ0n) is 35.1. The Kier molecular flexibility index (Phi) is 25.0. The highest BCUT2D eigenvalue weighted by Crippen LogP contribution is 2.09. The number of aliphatic hydroxyl groups excluding tert-OH is 1. The first-order valence-electron chi connectivity index (χ1n) is 19.5. The quantitative estimate of drug-likeness (QED) is 0.0312. The van der Waals surface area contributed by atoms with Crippen LogP contribution in [-0.4, -0.2) is 154 Å². The lowest BCUT2D eigenvalue weighted by atomic mass is 9.98. The maximum atomic E-state index is 13.3. The molecule has 0 aromatic heterocycles. The summed E-state index contributed by atoms with van der Waals surface area (Å²) in [5, 5.41) is 55.8. The number of amides is 8. The van der Waals surface area contributed by atoms with E-state index in [9.17, 15) is 68.1 Å². The van der Waals surface area contributed by atoms with Gasteiger partial charge in [-0.1, -0.05) is 34.1 Å². The van der Waals surface area contributed by atoms with Crippen LogP contribution in [0.5, 0.6) is 0 Å². The molecular formula is C36H62N10O15. The Hall–Kier alpha value is -5.95. The van der Waals surface area contributed by atoms with Crippen molar-refractivity contribution >= 4 is 65.2 Å². The van der Waals surface area contributed by atoms with E-state index >= 15 is 0 Å². The summed E-state index contributed by atoms with van der Waals surface area (Å²) >= 11 is 0. The van der Waals surface area contributed by atoms with Crippen LogP contribution in [0.3, 0.4) is 0 Å². The Morgan fingerprint density at radius 2 is 1.05 bits per heavy atom. The van der Waals surface area contributed by atoms with Gasteiger partial charge in [0.25, 0.3) is 0 Å². The number of nitrogens with two attached hydrogens (primary N) is 2. The third kappa shape index (κ3) is 20.7. The standard InChI is InChI=1S/C36H62N10O15/c1-7-17(4)28(45-24(48)14-39-31(55)20(38)12-25(49)50)35(59)44-23(15-47)34(58)41-18(5)29(53)40-19(6)30(54)42-21(10-8-9-11-37)32(56)43-22(13-26(51)52)33(57)46-27(16(2)3)36(60)61/h16-23,27-28,47H,7-15,37-38H2,1-6H3,(H,39,55)(H,40,53)(H,41,58)(H,42,54)(H,43,56)(H,44,59)(H,45,48)(H,46,57)(H,49,50)(H,51,52)(H,60,61). The van der Waals surface area contributed by atoms with Crippen molar-refractivity contribution in [2.24, 2.45) is 23.3 Å². The zero-order valence-corrected chi connectivity index (χ0v) is 35.1. The Morgan fingerprint density at radius 1 is 0.557 bits per heavy atom. The molecule has 0 rings (SSSR count). The smallest absolute Gasteiger partial charge is 0.326 e. The predicted molar refractivity (Wildman–Crippen MR) is 212 cm³/mol. The van der Waals surface area contributed by atoms with E-state index in [2.05, 4.69) is 42.5 Å². The summed E-state index contributed by atoms with van der Waals surface area (Å²) in [5.74, 6) is -13.0. The minimum Gasteiger partial charge on any atom is -0.481 e. The van der Waals surface area contributed by atoms with Crippen molar-refractivity contribution in [3.05, 3.63) is 0 Å². The molecule has 25 heteroatoms. The predicted octanol–water partition coefficient (Wildman–Crippen LogP) is -5.28. The molecule has 0 aliphatic rings. The summed E-state index contributed by atoms with van der Waals surface area (Å²) in [4.78, 5) is 137. The fourth-order valence-corrected chi connectivity index (χ4v) is 5.23. The lowest BCUT2D eigenvalue weighted by Crippen LogP contribution is -2.60. The summed E-state index contributed by atoms with van der Waals surface area (Å²) < 4.78 is 0. The molecule has 16 N–H and O–H groups in total. The lowest BCUT2D eigenvalue weighted by Gasteiger charge is -2.27.